The van der Waals surface area contributed by atoms with Crippen LogP contribution in [0.2, 0.25) is 10.0 Å². The van der Waals surface area contributed by atoms with Gasteiger partial charge in [0.15, 0.2) is 11.6 Å². The molecule has 6 nitrogen and oxygen atoms in total. The monoisotopic (exact) mass is 525 g/mol. The number of carbonyl (C=O) groups excluding carboxylic acids is 3. The number of aromatic nitrogens is 1. The Morgan fingerprint density at radius 1 is 0.944 bits per heavy atom. The molecule has 0 radical (unpaired) electrons. The second-order valence-electron chi connectivity index (χ2n) is 9.77. The molecule has 0 unspecified atom stereocenters. The van der Waals surface area contributed by atoms with Crippen molar-refractivity contribution in [3.8, 4) is 11.1 Å². The molecule has 186 valence electrons. The summed E-state index contributed by atoms with van der Waals surface area (Å²) in [6.07, 6.45) is 0.698. The van der Waals surface area contributed by atoms with Gasteiger partial charge in [-0.2, -0.15) is 0 Å². The van der Waals surface area contributed by atoms with E-state index in [0.29, 0.717) is 50.0 Å². The molecule has 2 aromatic carbocycles. The average molecular weight is 526 g/mol. The highest BCUT2D eigenvalue weighted by molar-refractivity contribution is 6.35. The molecule has 0 spiro atoms. The standard InChI is InChI=1S/C28H25Cl2NO5/c1-28(2,3)36-27(35)17-6-4-16(5-7-17)12-19(32)15-31-23-10-11-24(33)26(23)21(14-25(31)34)20-13-18(29)8-9-22(20)30/h4-9,13-14H,10-12,15H2,1-3H3. The predicted molar refractivity (Wildman–Crippen MR) is 139 cm³/mol. The number of ketones is 2. The maximum Gasteiger partial charge on any atom is 0.338 e. The van der Waals surface area contributed by atoms with E-state index < -0.39 is 11.6 Å². The molecule has 0 saturated carbocycles. The molecule has 0 atom stereocenters. The molecule has 1 heterocycles. The summed E-state index contributed by atoms with van der Waals surface area (Å²) in [5, 5.41) is 0.815. The van der Waals surface area contributed by atoms with Crippen LogP contribution in [0, 0.1) is 0 Å². The molecular weight excluding hydrogens is 501 g/mol. The van der Waals surface area contributed by atoms with Gasteiger partial charge in [-0.3, -0.25) is 14.4 Å². The molecule has 0 fully saturated rings. The maximum atomic E-state index is 13.1. The summed E-state index contributed by atoms with van der Waals surface area (Å²) >= 11 is 12.5. The summed E-state index contributed by atoms with van der Waals surface area (Å²) in [5.41, 5.74) is 2.00. The normalized spacial score (nSPS) is 13.0. The van der Waals surface area contributed by atoms with Crippen LogP contribution in [0.3, 0.4) is 0 Å². The summed E-state index contributed by atoms with van der Waals surface area (Å²) in [6.45, 7) is 5.22. The summed E-state index contributed by atoms with van der Waals surface area (Å²) in [5.74, 6) is -0.737. The van der Waals surface area contributed by atoms with Crippen molar-refractivity contribution in [2.45, 2.75) is 52.2 Å². The van der Waals surface area contributed by atoms with E-state index in [9.17, 15) is 19.2 Å². The van der Waals surface area contributed by atoms with Gasteiger partial charge in [0, 0.05) is 51.3 Å². The third kappa shape index (κ3) is 5.61. The van der Waals surface area contributed by atoms with E-state index in [-0.39, 0.29) is 36.5 Å². The van der Waals surface area contributed by atoms with Crippen molar-refractivity contribution in [3.63, 3.8) is 0 Å². The molecule has 8 heteroatoms. The van der Waals surface area contributed by atoms with Crippen LogP contribution < -0.4 is 5.56 Å². The zero-order valence-electron chi connectivity index (χ0n) is 20.2. The molecular formula is C28H25Cl2NO5. The highest BCUT2D eigenvalue weighted by atomic mass is 35.5. The van der Waals surface area contributed by atoms with Crippen molar-refractivity contribution in [2.75, 3.05) is 0 Å². The summed E-state index contributed by atoms with van der Waals surface area (Å²) in [4.78, 5) is 50.9. The number of esters is 1. The lowest BCUT2D eigenvalue weighted by Crippen LogP contribution is -2.28. The number of rotatable bonds is 6. The summed E-state index contributed by atoms with van der Waals surface area (Å²) in [7, 11) is 0. The maximum absolute atomic E-state index is 13.1. The zero-order valence-corrected chi connectivity index (χ0v) is 21.7. The van der Waals surface area contributed by atoms with Crippen LogP contribution in [0.1, 0.15) is 59.2 Å². The van der Waals surface area contributed by atoms with E-state index in [0.717, 1.165) is 0 Å². The van der Waals surface area contributed by atoms with Crippen molar-refractivity contribution in [3.05, 3.63) is 91.3 Å². The van der Waals surface area contributed by atoms with Crippen LogP contribution in [-0.2, 0) is 28.9 Å². The molecule has 0 saturated heterocycles. The molecule has 3 aromatic rings. The second-order valence-corrected chi connectivity index (χ2v) is 10.6. The number of Topliss-reactive ketones (excluding diaryl/α,β-unsaturated/α-hetero) is 2. The Morgan fingerprint density at radius 3 is 2.31 bits per heavy atom. The number of pyridine rings is 1. The van der Waals surface area contributed by atoms with Gasteiger partial charge in [-0.1, -0.05) is 35.3 Å². The van der Waals surface area contributed by atoms with Crippen molar-refractivity contribution >= 4 is 40.7 Å². The van der Waals surface area contributed by atoms with E-state index in [1.165, 1.54) is 10.6 Å². The molecule has 4 rings (SSSR count). The van der Waals surface area contributed by atoms with Gasteiger partial charge in [0.25, 0.3) is 5.56 Å². The number of hydrogen-bond acceptors (Lipinski definition) is 5. The van der Waals surface area contributed by atoms with Gasteiger partial charge in [0.05, 0.1) is 12.1 Å². The van der Waals surface area contributed by atoms with Crippen LogP contribution in [0.4, 0.5) is 0 Å². The van der Waals surface area contributed by atoms with Gasteiger partial charge < -0.3 is 9.30 Å². The highest BCUT2D eigenvalue weighted by Crippen LogP contribution is 2.36. The van der Waals surface area contributed by atoms with E-state index in [1.807, 2.05) is 0 Å². The van der Waals surface area contributed by atoms with Crippen molar-refractivity contribution in [1.29, 1.82) is 0 Å². The fraction of sp³-hybridized carbons (Fsp3) is 0.286. The van der Waals surface area contributed by atoms with Crippen LogP contribution in [0.15, 0.2) is 53.3 Å². The van der Waals surface area contributed by atoms with Gasteiger partial charge in [-0.15, -0.1) is 0 Å². The van der Waals surface area contributed by atoms with Gasteiger partial charge >= 0.3 is 5.97 Å². The lowest BCUT2D eigenvalue weighted by atomic mass is 9.98. The van der Waals surface area contributed by atoms with Gasteiger partial charge in [-0.05, 0) is 63.1 Å². The van der Waals surface area contributed by atoms with E-state index in [1.54, 1.807) is 63.2 Å². The Labute approximate surface area is 218 Å². The van der Waals surface area contributed by atoms with Crippen molar-refractivity contribution in [2.24, 2.45) is 0 Å². The Morgan fingerprint density at radius 2 is 1.64 bits per heavy atom. The molecule has 0 amide bonds. The fourth-order valence-electron chi connectivity index (χ4n) is 4.27. The number of nitrogens with zero attached hydrogens (tertiary/aromatic N) is 1. The number of ether oxygens (including phenoxy) is 1. The Bertz CT molecular complexity index is 1430. The van der Waals surface area contributed by atoms with Gasteiger partial charge in [-0.25, -0.2) is 4.79 Å². The Balaban J connectivity index is 1.58. The van der Waals surface area contributed by atoms with E-state index in [2.05, 4.69) is 0 Å². The average Bonchev–Trinajstić information content (AvgIpc) is 3.18. The van der Waals surface area contributed by atoms with E-state index >= 15 is 0 Å². The largest absolute Gasteiger partial charge is 0.456 e. The first-order chi connectivity index (χ1) is 16.9. The van der Waals surface area contributed by atoms with Crippen LogP contribution >= 0.6 is 23.2 Å². The van der Waals surface area contributed by atoms with Crippen LogP contribution in [0.5, 0.6) is 0 Å². The molecule has 0 aliphatic heterocycles. The number of benzene rings is 2. The highest BCUT2D eigenvalue weighted by Gasteiger charge is 2.29. The van der Waals surface area contributed by atoms with Crippen LogP contribution in [-0.4, -0.2) is 27.7 Å². The number of halogens is 2. The molecule has 1 aliphatic carbocycles. The molecule has 0 bridgehead atoms. The topological polar surface area (TPSA) is 82.4 Å². The summed E-state index contributed by atoms with van der Waals surface area (Å²) in [6, 6.07) is 12.8. The van der Waals surface area contributed by atoms with Gasteiger partial charge in [0.1, 0.15) is 5.60 Å². The molecule has 36 heavy (non-hydrogen) atoms. The minimum Gasteiger partial charge on any atom is -0.456 e. The SMILES string of the molecule is CC(C)(C)OC(=O)c1ccc(CC(=O)Cn2c3c(c(-c4cc(Cl)ccc4Cl)cc2=O)C(=O)CC3)cc1. The van der Waals surface area contributed by atoms with Gasteiger partial charge in [0.2, 0.25) is 0 Å². The second kappa shape index (κ2) is 10.0. The smallest absolute Gasteiger partial charge is 0.338 e. The third-order valence-electron chi connectivity index (χ3n) is 5.83. The number of hydrogen-bond donors (Lipinski definition) is 0. The predicted octanol–water partition coefficient (Wildman–Crippen LogP) is 5.72. The lowest BCUT2D eigenvalue weighted by Gasteiger charge is -2.19. The quantitative estimate of drug-likeness (QED) is 0.384. The van der Waals surface area contributed by atoms with E-state index in [4.69, 9.17) is 27.9 Å². The third-order valence-corrected chi connectivity index (χ3v) is 6.39. The van der Waals surface area contributed by atoms with Crippen molar-refractivity contribution < 1.29 is 19.1 Å². The lowest BCUT2D eigenvalue weighted by molar-refractivity contribution is -0.119. The zero-order chi connectivity index (χ0) is 26.2. The minimum absolute atomic E-state index is 0.0750. The molecule has 0 N–H and O–H groups in total. The van der Waals surface area contributed by atoms with Crippen molar-refractivity contribution in [1.82, 2.24) is 4.57 Å². The number of carbonyl (C=O) groups is 3. The van der Waals surface area contributed by atoms with Crippen LogP contribution in [0.25, 0.3) is 11.1 Å². The first kappa shape index (κ1) is 25.9. The Hall–Kier alpha value is -3.22. The first-order valence-electron chi connectivity index (χ1n) is 11.5. The minimum atomic E-state index is -0.603. The Kier molecular flexibility index (Phi) is 7.21. The summed E-state index contributed by atoms with van der Waals surface area (Å²) < 4.78 is 6.73. The fourth-order valence-corrected chi connectivity index (χ4v) is 4.66. The molecule has 1 aliphatic rings. The number of fused-ring (bicyclic) bond motifs is 1. The molecule has 1 aromatic heterocycles. The first-order valence-corrected chi connectivity index (χ1v) is 12.3.